The van der Waals surface area contributed by atoms with Gasteiger partial charge >= 0.3 is 0 Å². The van der Waals surface area contributed by atoms with Crippen molar-refractivity contribution in [3.8, 4) is 22.9 Å². The van der Waals surface area contributed by atoms with Crippen molar-refractivity contribution in [2.45, 2.75) is 0 Å². The number of rotatable bonds is 3. The lowest BCUT2D eigenvalue weighted by atomic mass is 10.2. The Morgan fingerprint density at radius 3 is 2.10 bits per heavy atom. The first kappa shape index (κ1) is 12.9. The van der Waals surface area contributed by atoms with Gasteiger partial charge < -0.3 is 10.5 Å². The SMILES string of the molecule is Nc1nc(-c2ccc(Oc3ccc(Cl)cc3)cc2)ns1. The molecule has 20 heavy (non-hydrogen) atoms. The molecule has 0 atom stereocenters. The molecule has 0 aliphatic carbocycles. The van der Waals surface area contributed by atoms with Crippen LogP contribution >= 0.6 is 23.1 Å². The zero-order valence-electron chi connectivity index (χ0n) is 10.3. The van der Waals surface area contributed by atoms with E-state index in [2.05, 4.69) is 9.36 Å². The van der Waals surface area contributed by atoms with Crippen LogP contribution in [0.4, 0.5) is 5.13 Å². The van der Waals surface area contributed by atoms with Gasteiger partial charge in [-0.05, 0) is 48.5 Å². The summed E-state index contributed by atoms with van der Waals surface area (Å²) >= 11 is 7.01. The fourth-order valence-electron chi connectivity index (χ4n) is 1.66. The minimum absolute atomic E-state index is 0.460. The Hall–Kier alpha value is -2.11. The molecule has 0 bridgehead atoms. The first-order valence-electron chi connectivity index (χ1n) is 5.84. The van der Waals surface area contributed by atoms with Gasteiger partial charge in [0.15, 0.2) is 11.0 Å². The van der Waals surface area contributed by atoms with Gasteiger partial charge in [0.2, 0.25) is 0 Å². The number of anilines is 1. The number of ether oxygens (including phenoxy) is 1. The Morgan fingerprint density at radius 1 is 0.950 bits per heavy atom. The van der Waals surface area contributed by atoms with E-state index in [0.29, 0.717) is 16.0 Å². The van der Waals surface area contributed by atoms with E-state index in [0.717, 1.165) is 17.1 Å². The zero-order valence-corrected chi connectivity index (χ0v) is 11.9. The molecule has 1 aromatic heterocycles. The van der Waals surface area contributed by atoms with Crippen LogP contribution in [0.3, 0.4) is 0 Å². The van der Waals surface area contributed by atoms with Gasteiger partial charge in [0, 0.05) is 22.1 Å². The predicted molar refractivity (Wildman–Crippen MR) is 81.3 cm³/mol. The van der Waals surface area contributed by atoms with Crippen LogP contribution in [-0.4, -0.2) is 9.36 Å². The van der Waals surface area contributed by atoms with Crippen molar-refractivity contribution in [2.75, 3.05) is 5.73 Å². The molecule has 6 heteroatoms. The Labute approximate surface area is 125 Å². The molecule has 0 spiro atoms. The van der Waals surface area contributed by atoms with E-state index in [1.165, 1.54) is 11.5 Å². The monoisotopic (exact) mass is 303 g/mol. The van der Waals surface area contributed by atoms with Gasteiger partial charge in [-0.1, -0.05) is 11.6 Å². The van der Waals surface area contributed by atoms with E-state index < -0.39 is 0 Å². The second-order valence-corrected chi connectivity index (χ2v) is 5.26. The maximum Gasteiger partial charge on any atom is 0.200 e. The molecule has 0 fully saturated rings. The summed E-state index contributed by atoms with van der Waals surface area (Å²) in [7, 11) is 0. The molecule has 0 aliphatic heterocycles. The molecular formula is C14H10ClN3OS. The zero-order chi connectivity index (χ0) is 13.9. The maximum atomic E-state index is 5.83. The first-order valence-corrected chi connectivity index (χ1v) is 6.99. The molecule has 4 nitrogen and oxygen atoms in total. The van der Waals surface area contributed by atoms with Crippen LogP contribution in [0.25, 0.3) is 11.4 Å². The van der Waals surface area contributed by atoms with Crippen molar-refractivity contribution in [3.05, 3.63) is 53.6 Å². The van der Waals surface area contributed by atoms with Gasteiger partial charge in [-0.2, -0.15) is 9.36 Å². The predicted octanol–water partition coefficient (Wildman–Crippen LogP) is 4.23. The second kappa shape index (κ2) is 5.48. The molecular weight excluding hydrogens is 294 g/mol. The van der Waals surface area contributed by atoms with Crippen LogP contribution in [0.15, 0.2) is 48.5 Å². The van der Waals surface area contributed by atoms with Crippen molar-refractivity contribution >= 4 is 28.3 Å². The van der Waals surface area contributed by atoms with Gasteiger partial charge in [0.1, 0.15) is 11.5 Å². The summed E-state index contributed by atoms with van der Waals surface area (Å²) in [5.41, 5.74) is 6.47. The molecule has 0 aliphatic rings. The largest absolute Gasteiger partial charge is 0.457 e. The van der Waals surface area contributed by atoms with Gasteiger partial charge in [-0.25, -0.2) is 0 Å². The van der Waals surface area contributed by atoms with Crippen LogP contribution in [0.5, 0.6) is 11.5 Å². The van der Waals surface area contributed by atoms with Crippen LogP contribution in [-0.2, 0) is 0 Å². The van der Waals surface area contributed by atoms with Crippen LogP contribution in [0.1, 0.15) is 0 Å². The highest BCUT2D eigenvalue weighted by Gasteiger charge is 2.05. The molecule has 100 valence electrons. The number of halogens is 1. The summed E-state index contributed by atoms with van der Waals surface area (Å²) in [4.78, 5) is 4.13. The normalized spacial score (nSPS) is 10.4. The van der Waals surface area contributed by atoms with Gasteiger partial charge in [-0.3, -0.25) is 0 Å². The van der Waals surface area contributed by atoms with Gasteiger partial charge in [0.05, 0.1) is 0 Å². The quantitative estimate of drug-likeness (QED) is 0.786. The Kier molecular flexibility index (Phi) is 3.54. The topological polar surface area (TPSA) is 61.0 Å². The molecule has 2 N–H and O–H groups in total. The van der Waals surface area contributed by atoms with E-state index in [1.807, 2.05) is 36.4 Å². The lowest BCUT2D eigenvalue weighted by molar-refractivity contribution is 0.483. The van der Waals surface area contributed by atoms with Crippen LogP contribution in [0, 0.1) is 0 Å². The van der Waals surface area contributed by atoms with Crippen LogP contribution < -0.4 is 10.5 Å². The summed E-state index contributed by atoms with van der Waals surface area (Å²) in [6.07, 6.45) is 0. The highest BCUT2D eigenvalue weighted by Crippen LogP contribution is 2.26. The van der Waals surface area contributed by atoms with Crippen molar-refractivity contribution in [1.82, 2.24) is 9.36 Å². The summed E-state index contributed by atoms with van der Waals surface area (Å²) in [6.45, 7) is 0. The van der Waals surface area contributed by atoms with E-state index in [4.69, 9.17) is 22.1 Å². The number of aromatic nitrogens is 2. The molecule has 3 aromatic rings. The Morgan fingerprint density at radius 2 is 1.55 bits per heavy atom. The van der Waals surface area contributed by atoms with Gasteiger partial charge in [-0.15, -0.1) is 0 Å². The molecule has 3 rings (SSSR count). The fourth-order valence-corrected chi connectivity index (χ4v) is 2.24. The van der Waals surface area contributed by atoms with E-state index in [-0.39, 0.29) is 0 Å². The maximum absolute atomic E-state index is 5.83. The van der Waals surface area contributed by atoms with E-state index in [9.17, 15) is 0 Å². The van der Waals surface area contributed by atoms with Crippen molar-refractivity contribution in [3.63, 3.8) is 0 Å². The number of hydrogen-bond acceptors (Lipinski definition) is 5. The number of nitrogen functional groups attached to an aromatic ring is 1. The average molecular weight is 304 g/mol. The number of nitrogens with two attached hydrogens (primary N) is 1. The minimum Gasteiger partial charge on any atom is -0.457 e. The number of benzene rings is 2. The number of nitrogens with zero attached hydrogens (tertiary/aromatic N) is 2. The Bertz CT molecular complexity index is 710. The lowest BCUT2D eigenvalue weighted by Crippen LogP contribution is -1.86. The van der Waals surface area contributed by atoms with Crippen LogP contribution in [0.2, 0.25) is 5.02 Å². The smallest absolute Gasteiger partial charge is 0.200 e. The van der Waals surface area contributed by atoms with Crippen molar-refractivity contribution in [1.29, 1.82) is 0 Å². The van der Waals surface area contributed by atoms with Gasteiger partial charge in [0.25, 0.3) is 0 Å². The molecule has 0 amide bonds. The molecule has 2 aromatic carbocycles. The molecule has 1 heterocycles. The highest BCUT2D eigenvalue weighted by atomic mass is 35.5. The summed E-state index contributed by atoms with van der Waals surface area (Å²) in [5, 5.41) is 1.14. The van der Waals surface area contributed by atoms with Crippen molar-refractivity contribution < 1.29 is 4.74 Å². The lowest BCUT2D eigenvalue weighted by Gasteiger charge is -2.05. The van der Waals surface area contributed by atoms with E-state index >= 15 is 0 Å². The average Bonchev–Trinajstić information content (AvgIpc) is 2.89. The summed E-state index contributed by atoms with van der Waals surface area (Å²) in [6, 6.07) is 14.7. The molecule has 0 saturated heterocycles. The molecule has 0 radical (unpaired) electrons. The fraction of sp³-hybridized carbons (Fsp3) is 0. The third kappa shape index (κ3) is 2.89. The number of hydrogen-bond donors (Lipinski definition) is 1. The second-order valence-electron chi connectivity index (χ2n) is 4.04. The first-order chi connectivity index (χ1) is 9.70. The molecule has 0 unspecified atom stereocenters. The Balaban J connectivity index is 1.77. The van der Waals surface area contributed by atoms with E-state index in [1.54, 1.807) is 12.1 Å². The summed E-state index contributed by atoms with van der Waals surface area (Å²) < 4.78 is 9.87. The highest BCUT2D eigenvalue weighted by molar-refractivity contribution is 7.09. The third-order valence-electron chi connectivity index (χ3n) is 2.60. The third-order valence-corrected chi connectivity index (χ3v) is 3.40. The standard InChI is InChI=1S/C14H10ClN3OS/c15-10-3-7-12(8-4-10)19-11-5-1-9(2-6-11)13-17-14(16)20-18-13/h1-8H,(H2,16,17,18). The molecule has 0 saturated carbocycles. The summed E-state index contributed by atoms with van der Waals surface area (Å²) in [5.74, 6) is 2.10. The minimum atomic E-state index is 0.460. The van der Waals surface area contributed by atoms with Crippen molar-refractivity contribution in [2.24, 2.45) is 0 Å².